The van der Waals surface area contributed by atoms with E-state index >= 15 is 0 Å². The zero-order valence-corrected chi connectivity index (χ0v) is 14.9. The molecule has 1 amide bonds. The topological polar surface area (TPSA) is 43.8 Å². The summed E-state index contributed by atoms with van der Waals surface area (Å²) in [6.45, 7) is 6.74. The van der Waals surface area contributed by atoms with Crippen LogP contribution in [0.25, 0.3) is 0 Å². The number of aliphatic hydroxyl groups excluding tert-OH is 1. The summed E-state index contributed by atoms with van der Waals surface area (Å²) in [5.74, 6) is 0.798. The Kier molecular flexibility index (Phi) is 6.19. The molecule has 0 aliphatic carbocycles. The maximum atomic E-state index is 12.5. The zero-order valence-electron chi connectivity index (χ0n) is 14.9. The molecule has 1 fully saturated rings. The van der Waals surface area contributed by atoms with Gasteiger partial charge in [0.2, 0.25) is 5.91 Å². The van der Waals surface area contributed by atoms with Crippen LogP contribution >= 0.6 is 0 Å². The largest absolute Gasteiger partial charge is 0.396 e. The van der Waals surface area contributed by atoms with E-state index < -0.39 is 0 Å². The SMILES string of the molecule is Cc1cc(C)cc(CCC(=O)N2CC(CO)C(CN(C)C)C2)c1. The van der Waals surface area contributed by atoms with E-state index in [1.807, 2.05) is 19.0 Å². The van der Waals surface area contributed by atoms with Gasteiger partial charge in [0.1, 0.15) is 0 Å². The average molecular weight is 318 g/mol. The third-order valence-electron chi connectivity index (χ3n) is 4.67. The number of amides is 1. The number of carbonyl (C=O) groups is 1. The van der Waals surface area contributed by atoms with Crippen molar-refractivity contribution in [3.8, 4) is 0 Å². The maximum absolute atomic E-state index is 12.5. The van der Waals surface area contributed by atoms with Crippen molar-refractivity contribution in [1.82, 2.24) is 9.80 Å². The first-order valence-electron chi connectivity index (χ1n) is 8.49. The van der Waals surface area contributed by atoms with Gasteiger partial charge in [-0.1, -0.05) is 29.3 Å². The summed E-state index contributed by atoms with van der Waals surface area (Å²) in [6.07, 6.45) is 1.34. The number of nitrogens with zero attached hydrogens (tertiary/aromatic N) is 2. The van der Waals surface area contributed by atoms with Crippen molar-refractivity contribution < 1.29 is 9.90 Å². The van der Waals surface area contributed by atoms with E-state index in [0.29, 0.717) is 18.9 Å². The Morgan fingerprint density at radius 1 is 1.17 bits per heavy atom. The van der Waals surface area contributed by atoms with E-state index in [0.717, 1.165) is 19.5 Å². The monoisotopic (exact) mass is 318 g/mol. The second-order valence-corrected chi connectivity index (χ2v) is 7.26. The molecule has 0 spiro atoms. The lowest BCUT2D eigenvalue weighted by atomic mass is 9.97. The Balaban J connectivity index is 1.90. The van der Waals surface area contributed by atoms with E-state index in [4.69, 9.17) is 0 Å². The van der Waals surface area contributed by atoms with E-state index in [1.165, 1.54) is 16.7 Å². The summed E-state index contributed by atoms with van der Waals surface area (Å²) in [4.78, 5) is 16.6. The van der Waals surface area contributed by atoms with Gasteiger partial charge in [0, 0.05) is 38.6 Å². The van der Waals surface area contributed by atoms with Crippen LogP contribution in [0.3, 0.4) is 0 Å². The number of aryl methyl sites for hydroxylation is 3. The second-order valence-electron chi connectivity index (χ2n) is 7.26. The Bertz CT molecular complexity index is 522. The molecule has 2 atom stereocenters. The molecular weight excluding hydrogens is 288 g/mol. The van der Waals surface area contributed by atoms with Crippen LogP contribution in [0.4, 0.5) is 0 Å². The molecule has 0 bridgehead atoms. The fourth-order valence-electron chi connectivity index (χ4n) is 3.65. The molecule has 0 saturated carbocycles. The van der Waals surface area contributed by atoms with E-state index in [1.54, 1.807) is 0 Å². The fraction of sp³-hybridized carbons (Fsp3) is 0.632. The summed E-state index contributed by atoms with van der Waals surface area (Å²) in [7, 11) is 4.08. The lowest BCUT2D eigenvalue weighted by Gasteiger charge is -2.20. The van der Waals surface area contributed by atoms with Crippen molar-refractivity contribution in [2.75, 3.05) is 40.3 Å². The zero-order chi connectivity index (χ0) is 17.0. The number of rotatable bonds is 6. The standard InChI is InChI=1S/C19H30N2O2/c1-14-7-15(2)9-16(8-14)5-6-19(23)21-11-17(10-20(3)4)18(12-21)13-22/h7-9,17-18,22H,5-6,10-13H2,1-4H3. The van der Waals surface area contributed by atoms with Crippen LogP contribution in [-0.4, -0.2) is 61.2 Å². The van der Waals surface area contributed by atoms with Gasteiger partial charge in [-0.15, -0.1) is 0 Å². The van der Waals surface area contributed by atoms with Gasteiger partial charge >= 0.3 is 0 Å². The van der Waals surface area contributed by atoms with Crippen molar-refractivity contribution in [2.24, 2.45) is 11.8 Å². The summed E-state index contributed by atoms with van der Waals surface area (Å²) < 4.78 is 0. The molecule has 2 unspecified atom stereocenters. The third-order valence-corrected chi connectivity index (χ3v) is 4.67. The highest BCUT2D eigenvalue weighted by Gasteiger charge is 2.34. The van der Waals surface area contributed by atoms with Crippen LogP contribution in [0.1, 0.15) is 23.1 Å². The molecule has 23 heavy (non-hydrogen) atoms. The molecular formula is C19H30N2O2. The quantitative estimate of drug-likeness (QED) is 0.871. The summed E-state index contributed by atoms with van der Waals surface area (Å²) >= 11 is 0. The predicted octanol–water partition coefficient (Wildman–Crippen LogP) is 1.86. The van der Waals surface area contributed by atoms with Gasteiger partial charge < -0.3 is 14.9 Å². The minimum atomic E-state index is 0.166. The summed E-state index contributed by atoms with van der Waals surface area (Å²) in [6, 6.07) is 6.48. The van der Waals surface area contributed by atoms with Crippen molar-refractivity contribution in [3.05, 3.63) is 34.9 Å². The minimum absolute atomic E-state index is 0.166. The minimum Gasteiger partial charge on any atom is -0.396 e. The number of hydrogen-bond acceptors (Lipinski definition) is 3. The molecule has 0 radical (unpaired) electrons. The maximum Gasteiger partial charge on any atom is 0.222 e. The highest BCUT2D eigenvalue weighted by molar-refractivity contribution is 5.76. The molecule has 1 heterocycles. The number of hydrogen-bond donors (Lipinski definition) is 1. The van der Waals surface area contributed by atoms with Gasteiger partial charge in [0.05, 0.1) is 0 Å². The van der Waals surface area contributed by atoms with Crippen molar-refractivity contribution in [2.45, 2.75) is 26.7 Å². The van der Waals surface area contributed by atoms with Crippen LogP contribution in [-0.2, 0) is 11.2 Å². The molecule has 1 saturated heterocycles. The fourth-order valence-corrected chi connectivity index (χ4v) is 3.65. The number of likely N-dealkylation sites (tertiary alicyclic amines) is 1. The smallest absolute Gasteiger partial charge is 0.222 e. The molecule has 1 aliphatic rings. The van der Waals surface area contributed by atoms with Crippen LogP contribution in [0, 0.1) is 25.7 Å². The van der Waals surface area contributed by atoms with E-state index in [2.05, 4.69) is 36.9 Å². The van der Waals surface area contributed by atoms with Crippen molar-refractivity contribution >= 4 is 5.91 Å². The Hall–Kier alpha value is -1.39. The molecule has 2 rings (SSSR count). The summed E-state index contributed by atoms with van der Waals surface area (Å²) in [5.41, 5.74) is 3.73. The molecule has 0 aromatic heterocycles. The van der Waals surface area contributed by atoms with Gasteiger partial charge in [-0.05, 0) is 45.8 Å². The Labute approximate surface area is 140 Å². The van der Waals surface area contributed by atoms with Gasteiger partial charge in [0.15, 0.2) is 0 Å². The lowest BCUT2D eigenvalue weighted by Crippen LogP contribution is -2.30. The van der Waals surface area contributed by atoms with Gasteiger partial charge in [-0.3, -0.25) is 4.79 Å². The highest BCUT2D eigenvalue weighted by Crippen LogP contribution is 2.24. The lowest BCUT2D eigenvalue weighted by molar-refractivity contribution is -0.130. The van der Waals surface area contributed by atoms with Crippen LogP contribution in [0.2, 0.25) is 0 Å². The van der Waals surface area contributed by atoms with Gasteiger partial charge in [-0.2, -0.15) is 0 Å². The number of carbonyl (C=O) groups excluding carboxylic acids is 1. The van der Waals surface area contributed by atoms with Gasteiger partial charge in [0.25, 0.3) is 0 Å². The van der Waals surface area contributed by atoms with Crippen LogP contribution in [0.5, 0.6) is 0 Å². The molecule has 1 aliphatic heterocycles. The number of aliphatic hydroxyl groups is 1. The molecule has 128 valence electrons. The predicted molar refractivity (Wildman–Crippen MR) is 93.4 cm³/mol. The average Bonchev–Trinajstić information content (AvgIpc) is 2.86. The Morgan fingerprint density at radius 3 is 2.35 bits per heavy atom. The first-order chi connectivity index (χ1) is 10.9. The molecule has 4 nitrogen and oxygen atoms in total. The molecule has 1 aromatic carbocycles. The van der Waals surface area contributed by atoms with Crippen LogP contribution < -0.4 is 0 Å². The van der Waals surface area contributed by atoms with Gasteiger partial charge in [-0.25, -0.2) is 0 Å². The van der Waals surface area contributed by atoms with Crippen molar-refractivity contribution in [3.63, 3.8) is 0 Å². The van der Waals surface area contributed by atoms with E-state index in [9.17, 15) is 9.90 Å². The van der Waals surface area contributed by atoms with E-state index in [-0.39, 0.29) is 18.4 Å². The Morgan fingerprint density at radius 2 is 1.78 bits per heavy atom. The number of benzene rings is 1. The molecule has 1 N–H and O–H groups in total. The molecule has 4 heteroatoms. The summed E-state index contributed by atoms with van der Waals surface area (Å²) in [5, 5.41) is 9.56. The first-order valence-corrected chi connectivity index (χ1v) is 8.49. The first kappa shape index (κ1) is 18.0. The van der Waals surface area contributed by atoms with Crippen molar-refractivity contribution in [1.29, 1.82) is 0 Å². The van der Waals surface area contributed by atoms with Crippen LogP contribution in [0.15, 0.2) is 18.2 Å². The third kappa shape index (κ3) is 5.05. The molecule has 1 aromatic rings. The highest BCUT2D eigenvalue weighted by atomic mass is 16.3. The normalized spacial score (nSPS) is 21.2. The second kappa shape index (κ2) is 7.93.